The minimum absolute atomic E-state index is 0.140. The highest BCUT2D eigenvalue weighted by Crippen LogP contribution is 2.20. The summed E-state index contributed by atoms with van der Waals surface area (Å²) in [5.41, 5.74) is 5.60. The SMILES string of the molecule is NCc1cc(C(=O)Nc2ccc(F)c(F)c2F)ccn1. The van der Waals surface area contributed by atoms with E-state index in [1.807, 2.05) is 0 Å². The first-order chi connectivity index (χ1) is 9.52. The van der Waals surface area contributed by atoms with Gasteiger partial charge >= 0.3 is 0 Å². The zero-order valence-electron chi connectivity index (χ0n) is 10.2. The van der Waals surface area contributed by atoms with Crippen LogP contribution in [0.2, 0.25) is 0 Å². The highest BCUT2D eigenvalue weighted by Gasteiger charge is 2.16. The number of nitrogens with zero attached hydrogens (tertiary/aromatic N) is 1. The summed E-state index contributed by atoms with van der Waals surface area (Å²) >= 11 is 0. The monoisotopic (exact) mass is 281 g/mol. The molecule has 4 nitrogen and oxygen atoms in total. The van der Waals surface area contributed by atoms with Gasteiger partial charge in [0.05, 0.1) is 11.4 Å². The molecule has 0 aliphatic carbocycles. The molecule has 1 aromatic heterocycles. The third kappa shape index (κ3) is 2.77. The molecule has 104 valence electrons. The summed E-state index contributed by atoms with van der Waals surface area (Å²) in [5, 5.41) is 2.16. The van der Waals surface area contributed by atoms with Crippen molar-refractivity contribution in [3.8, 4) is 0 Å². The van der Waals surface area contributed by atoms with Crippen molar-refractivity contribution in [1.82, 2.24) is 4.98 Å². The molecule has 0 unspecified atom stereocenters. The molecule has 0 aliphatic rings. The highest BCUT2D eigenvalue weighted by atomic mass is 19.2. The number of nitrogens with two attached hydrogens (primary N) is 1. The maximum Gasteiger partial charge on any atom is 0.255 e. The number of nitrogens with one attached hydrogen (secondary N) is 1. The molecule has 0 spiro atoms. The summed E-state index contributed by atoms with van der Waals surface area (Å²) in [6.07, 6.45) is 1.37. The van der Waals surface area contributed by atoms with Crippen molar-refractivity contribution in [3.05, 3.63) is 59.2 Å². The van der Waals surface area contributed by atoms with Crippen LogP contribution in [0.5, 0.6) is 0 Å². The minimum Gasteiger partial charge on any atom is -0.325 e. The number of aromatic nitrogens is 1. The van der Waals surface area contributed by atoms with Crippen LogP contribution < -0.4 is 11.1 Å². The van der Waals surface area contributed by atoms with Crippen molar-refractivity contribution < 1.29 is 18.0 Å². The molecule has 1 heterocycles. The first kappa shape index (κ1) is 14.0. The number of benzene rings is 1. The molecule has 20 heavy (non-hydrogen) atoms. The van der Waals surface area contributed by atoms with Crippen LogP contribution in [0.25, 0.3) is 0 Å². The third-order valence-corrected chi connectivity index (χ3v) is 2.57. The first-order valence-electron chi connectivity index (χ1n) is 5.62. The van der Waals surface area contributed by atoms with E-state index in [1.54, 1.807) is 0 Å². The number of halogens is 3. The second-order valence-electron chi connectivity index (χ2n) is 3.92. The zero-order chi connectivity index (χ0) is 14.7. The summed E-state index contributed by atoms with van der Waals surface area (Å²) in [6, 6.07) is 4.49. The van der Waals surface area contributed by atoms with Crippen LogP contribution >= 0.6 is 0 Å². The normalized spacial score (nSPS) is 10.4. The topological polar surface area (TPSA) is 68.0 Å². The van der Waals surface area contributed by atoms with E-state index in [1.165, 1.54) is 18.3 Å². The molecule has 0 atom stereocenters. The summed E-state index contributed by atoms with van der Waals surface area (Å²) in [7, 11) is 0. The van der Waals surface area contributed by atoms with Gasteiger partial charge in [-0.2, -0.15) is 0 Å². The van der Waals surface area contributed by atoms with E-state index in [0.717, 1.165) is 12.1 Å². The predicted octanol–water partition coefficient (Wildman–Crippen LogP) is 2.21. The fraction of sp³-hybridized carbons (Fsp3) is 0.0769. The molecular formula is C13H10F3N3O. The van der Waals surface area contributed by atoms with Crippen molar-refractivity contribution in [2.75, 3.05) is 5.32 Å². The Labute approximate surface area is 112 Å². The Bertz CT molecular complexity index is 661. The van der Waals surface area contributed by atoms with Crippen LogP contribution in [0.1, 0.15) is 16.1 Å². The average molecular weight is 281 g/mol. The number of rotatable bonds is 3. The van der Waals surface area contributed by atoms with Gasteiger partial charge in [-0.25, -0.2) is 13.2 Å². The Morgan fingerprint density at radius 3 is 2.65 bits per heavy atom. The standard InChI is InChI=1S/C13H10F3N3O/c14-9-1-2-10(12(16)11(9)15)19-13(20)7-3-4-18-8(5-7)6-17/h1-5H,6,17H2,(H,19,20). The van der Waals surface area contributed by atoms with Crippen LogP contribution in [-0.4, -0.2) is 10.9 Å². The fourth-order valence-corrected chi connectivity index (χ4v) is 1.55. The fourth-order valence-electron chi connectivity index (χ4n) is 1.55. The van der Waals surface area contributed by atoms with E-state index in [9.17, 15) is 18.0 Å². The highest BCUT2D eigenvalue weighted by molar-refractivity contribution is 6.04. The van der Waals surface area contributed by atoms with Crippen molar-refractivity contribution in [3.63, 3.8) is 0 Å². The lowest BCUT2D eigenvalue weighted by Gasteiger charge is -2.08. The van der Waals surface area contributed by atoms with E-state index in [0.29, 0.717) is 5.69 Å². The Hall–Kier alpha value is -2.41. The number of carbonyl (C=O) groups excluding carboxylic acids is 1. The van der Waals surface area contributed by atoms with Gasteiger partial charge in [0.2, 0.25) is 0 Å². The molecule has 1 aromatic carbocycles. The lowest BCUT2D eigenvalue weighted by Crippen LogP contribution is -2.15. The van der Waals surface area contributed by atoms with Gasteiger partial charge in [-0.3, -0.25) is 9.78 Å². The Morgan fingerprint density at radius 2 is 1.95 bits per heavy atom. The van der Waals surface area contributed by atoms with E-state index >= 15 is 0 Å². The van der Waals surface area contributed by atoms with E-state index in [2.05, 4.69) is 10.3 Å². The van der Waals surface area contributed by atoms with Crippen molar-refractivity contribution in [1.29, 1.82) is 0 Å². The molecular weight excluding hydrogens is 271 g/mol. The van der Waals surface area contributed by atoms with Gasteiger partial charge < -0.3 is 11.1 Å². The number of anilines is 1. The first-order valence-corrected chi connectivity index (χ1v) is 5.62. The molecule has 0 fully saturated rings. The maximum atomic E-state index is 13.4. The number of pyridine rings is 1. The lowest BCUT2D eigenvalue weighted by molar-refractivity contribution is 0.102. The largest absolute Gasteiger partial charge is 0.325 e. The number of hydrogen-bond acceptors (Lipinski definition) is 3. The summed E-state index contributed by atoms with van der Waals surface area (Å²) < 4.78 is 39.2. The van der Waals surface area contributed by atoms with Crippen molar-refractivity contribution in [2.45, 2.75) is 6.54 Å². The number of carbonyl (C=O) groups is 1. The average Bonchev–Trinajstić information content (AvgIpc) is 2.48. The second-order valence-corrected chi connectivity index (χ2v) is 3.92. The number of amides is 1. The summed E-state index contributed by atoms with van der Waals surface area (Å²) in [5.74, 6) is -5.09. The van der Waals surface area contributed by atoms with Gasteiger partial charge in [0.15, 0.2) is 17.5 Å². The molecule has 0 aliphatic heterocycles. The number of hydrogen-bond donors (Lipinski definition) is 2. The maximum absolute atomic E-state index is 13.4. The summed E-state index contributed by atoms with van der Waals surface area (Å²) in [6.45, 7) is 0.140. The third-order valence-electron chi connectivity index (χ3n) is 2.57. The van der Waals surface area contributed by atoms with Crippen LogP contribution in [-0.2, 0) is 6.54 Å². The van der Waals surface area contributed by atoms with Gasteiger partial charge in [-0.15, -0.1) is 0 Å². The molecule has 2 aromatic rings. The van der Waals surface area contributed by atoms with Gasteiger partial charge in [0.25, 0.3) is 5.91 Å². The quantitative estimate of drug-likeness (QED) is 0.847. The minimum atomic E-state index is -1.64. The van der Waals surface area contributed by atoms with Crippen molar-refractivity contribution in [2.24, 2.45) is 5.73 Å². The molecule has 7 heteroatoms. The molecule has 0 saturated heterocycles. The van der Waals surface area contributed by atoms with E-state index in [-0.39, 0.29) is 12.1 Å². The van der Waals surface area contributed by atoms with Crippen LogP contribution in [0.3, 0.4) is 0 Å². The molecule has 2 rings (SSSR count). The van der Waals surface area contributed by atoms with Gasteiger partial charge in [0, 0.05) is 18.3 Å². The molecule has 0 saturated carbocycles. The van der Waals surface area contributed by atoms with E-state index in [4.69, 9.17) is 5.73 Å². The van der Waals surface area contributed by atoms with Crippen LogP contribution in [0.4, 0.5) is 18.9 Å². The second kappa shape index (κ2) is 5.70. The molecule has 3 N–H and O–H groups in total. The van der Waals surface area contributed by atoms with Crippen LogP contribution in [0.15, 0.2) is 30.5 Å². The summed E-state index contributed by atoms with van der Waals surface area (Å²) in [4.78, 5) is 15.8. The van der Waals surface area contributed by atoms with Crippen LogP contribution in [0, 0.1) is 17.5 Å². The molecule has 0 radical (unpaired) electrons. The van der Waals surface area contributed by atoms with E-state index < -0.39 is 29.0 Å². The Balaban J connectivity index is 2.25. The van der Waals surface area contributed by atoms with Gasteiger partial charge in [0.1, 0.15) is 0 Å². The smallest absolute Gasteiger partial charge is 0.255 e. The van der Waals surface area contributed by atoms with Crippen molar-refractivity contribution >= 4 is 11.6 Å². The lowest BCUT2D eigenvalue weighted by atomic mass is 10.2. The van der Waals surface area contributed by atoms with Gasteiger partial charge in [-0.05, 0) is 24.3 Å². The zero-order valence-corrected chi connectivity index (χ0v) is 10.2. The Morgan fingerprint density at radius 1 is 1.20 bits per heavy atom. The predicted molar refractivity (Wildman–Crippen MR) is 66.4 cm³/mol. The molecule has 0 bridgehead atoms. The molecule has 1 amide bonds. The van der Waals surface area contributed by atoms with Gasteiger partial charge in [-0.1, -0.05) is 0 Å². The Kier molecular flexibility index (Phi) is 3.99.